The quantitative estimate of drug-likeness (QED) is 0.747. The minimum Gasteiger partial charge on any atom is -0.468 e. The van der Waals surface area contributed by atoms with Crippen molar-refractivity contribution in [1.29, 1.82) is 0 Å². The number of hydrogen-bond donors (Lipinski definition) is 1. The van der Waals surface area contributed by atoms with Crippen LogP contribution in [0.2, 0.25) is 0 Å². The first-order chi connectivity index (χ1) is 14.0. The highest BCUT2D eigenvalue weighted by molar-refractivity contribution is 5.93. The van der Waals surface area contributed by atoms with Gasteiger partial charge in [-0.2, -0.15) is 0 Å². The van der Waals surface area contributed by atoms with Crippen LogP contribution in [0.1, 0.15) is 25.3 Å². The van der Waals surface area contributed by atoms with Gasteiger partial charge in [-0.3, -0.25) is 19.4 Å². The summed E-state index contributed by atoms with van der Waals surface area (Å²) in [4.78, 5) is 42.6. The molecule has 1 aliphatic heterocycles. The van der Waals surface area contributed by atoms with Crippen molar-refractivity contribution in [2.75, 3.05) is 30.4 Å². The molecule has 1 fully saturated rings. The van der Waals surface area contributed by atoms with Crippen molar-refractivity contribution in [3.8, 4) is 0 Å². The van der Waals surface area contributed by atoms with Crippen LogP contribution in [0.5, 0.6) is 0 Å². The summed E-state index contributed by atoms with van der Waals surface area (Å²) in [5.74, 6) is -0.797. The summed E-state index contributed by atoms with van der Waals surface area (Å²) >= 11 is 0. The SMILES string of the molecule is CCc1cncc(N2CCC[C@H](C(=O)Nc3ccc(=O)n(CC(=O)OC)c3)C2)c1. The topological polar surface area (TPSA) is 93.5 Å². The molecule has 8 heteroatoms. The molecule has 1 saturated heterocycles. The van der Waals surface area contributed by atoms with Crippen LogP contribution in [0.4, 0.5) is 11.4 Å². The highest BCUT2D eigenvalue weighted by Gasteiger charge is 2.26. The van der Waals surface area contributed by atoms with E-state index in [0.29, 0.717) is 12.2 Å². The fourth-order valence-electron chi connectivity index (χ4n) is 3.44. The lowest BCUT2D eigenvalue weighted by Crippen LogP contribution is -2.41. The Morgan fingerprint density at radius 2 is 2.14 bits per heavy atom. The van der Waals surface area contributed by atoms with E-state index in [-0.39, 0.29) is 23.9 Å². The van der Waals surface area contributed by atoms with Gasteiger partial charge >= 0.3 is 5.97 Å². The number of nitrogens with zero attached hydrogens (tertiary/aromatic N) is 3. The Labute approximate surface area is 169 Å². The molecule has 0 unspecified atom stereocenters. The number of rotatable bonds is 6. The van der Waals surface area contributed by atoms with Crippen molar-refractivity contribution in [1.82, 2.24) is 9.55 Å². The Kier molecular flexibility index (Phi) is 6.64. The van der Waals surface area contributed by atoms with E-state index in [4.69, 9.17) is 0 Å². The smallest absolute Gasteiger partial charge is 0.325 e. The summed E-state index contributed by atoms with van der Waals surface area (Å²) in [6.45, 7) is 3.40. The van der Waals surface area contributed by atoms with E-state index in [1.54, 1.807) is 6.07 Å². The van der Waals surface area contributed by atoms with Crippen LogP contribution in [0.25, 0.3) is 0 Å². The van der Waals surface area contributed by atoms with Crippen LogP contribution >= 0.6 is 0 Å². The molecule has 8 nitrogen and oxygen atoms in total. The zero-order valence-electron chi connectivity index (χ0n) is 16.8. The molecule has 2 aromatic rings. The first-order valence-corrected chi connectivity index (χ1v) is 9.77. The van der Waals surface area contributed by atoms with Gasteiger partial charge in [-0.1, -0.05) is 6.92 Å². The molecule has 3 rings (SSSR count). The summed E-state index contributed by atoms with van der Waals surface area (Å²) in [6.07, 6.45) is 7.79. The third-order valence-electron chi connectivity index (χ3n) is 5.12. The number of anilines is 2. The number of carbonyl (C=O) groups excluding carboxylic acids is 2. The highest BCUT2D eigenvalue weighted by Crippen LogP contribution is 2.24. The number of carbonyl (C=O) groups is 2. The third-order valence-corrected chi connectivity index (χ3v) is 5.12. The molecule has 0 aromatic carbocycles. The van der Waals surface area contributed by atoms with E-state index < -0.39 is 5.97 Å². The molecule has 1 atom stereocenters. The summed E-state index contributed by atoms with van der Waals surface area (Å²) in [7, 11) is 1.26. The van der Waals surface area contributed by atoms with E-state index in [1.807, 2.05) is 12.4 Å². The largest absolute Gasteiger partial charge is 0.468 e. The van der Waals surface area contributed by atoms with E-state index >= 15 is 0 Å². The second-order valence-corrected chi connectivity index (χ2v) is 7.14. The number of aryl methyl sites for hydroxylation is 1. The molecule has 154 valence electrons. The first kappa shape index (κ1) is 20.6. The second-order valence-electron chi connectivity index (χ2n) is 7.14. The Hall–Kier alpha value is -3.16. The minimum absolute atomic E-state index is 0.0995. The van der Waals surface area contributed by atoms with Gasteiger partial charge in [0.2, 0.25) is 5.91 Å². The second kappa shape index (κ2) is 9.36. The molecule has 1 amide bonds. The number of esters is 1. The van der Waals surface area contributed by atoms with Crippen LogP contribution in [0, 0.1) is 5.92 Å². The zero-order chi connectivity index (χ0) is 20.8. The molecule has 0 aliphatic carbocycles. The monoisotopic (exact) mass is 398 g/mol. The van der Waals surface area contributed by atoms with E-state index in [2.05, 4.69) is 32.9 Å². The lowest BCUT2D eigenvalue weighted by atomic mass is 9.96. The average Bonchev–Trinajstić information content (AvgIpc) is 2.76. The Bertz CT molecular complexity index is 940. The fourth-order valence-corrected chi connectivity index (χ4v) is 3.44. The van der Waals surface area contributed by atoms with Gasteiger partial charge in [0, 0.05) is 31.5 Å². The van der Waals surface area contributed by atoms with E-state index in [9.17, 15) is 14.4 Å². The van der Waals surface area contributed by atoms with Crippen LogP contribution in [0.15, 0.2) is 41.6 Å². The fraction of sp³-hybridized carbons (Fsp3) is 0.429. The molecular formula is C21H26N4O4. The average molecular weight is 398 g/mol. The Morgan fingerprint density at radius 3 is 2.90 bits per heavy atom. The molecule has 3 heterocycles. The predicted octanol–water partition coefficient (Wildman–Crippen LogP) is 1.83. The number of methoxy groups -OCH3 is 1. The predicted molar refractivity (Wildman–Crippen MR) is 110 cm³/mol. The van der Waals surface area contributed by atoms with Gasteiger partial charge < -0.3 is 19.5 Å². The van der Waals surface area contributed by atoms with Crippen LogP contribution in [-0.4, -0.2) is 41.6 Å². The van der Waals surface area contributed by atoms with Crippen molar-refractivity contribution in [2.45, 2.75) is 32.7 Å². The number of ether oxygens (including phenoxy) is 1. The Morgan fingerprint density at radius 1 is 1.31 bits per heavy atom. The lowest BCUT2D eigenvalue weighted by molar-refractivity contribution is -0.141. The molecule has 0 bridgehead atoms. The number of aromatic nitrogens is 2. The van der Waals surface area contributed by atoms with Crippen LogP contribution < -0.4 is 15.8 Å². The molecule has 1 N–H and O–H groups in total. The molecule has 0 spiro atoms. The standard InChI is InChI=1S/C21H26N4O4/c1-3-15-9-18(11-22-10-15)24-8-4-5-16(12-24)21(28)23-17-6-7-19(26)25(13-17)14-20(27)29-2/h6-7,9-11,13,16H,3-5,8,12,14H2,1-2H3,(H,23,28)/t16-/m0/s1. The van der Waals surface area contributed by atoms with Crippen molar-refractivity contribution in [2.24, 2.45) is 5.92 Å². The molecule has 29 heavy (non-hydrogen) atoms. The maximum atomic E-state index is 12.8. The first-order valence-electron chi connectivity index (χ1n) is 9.77. The van der Waals surface area contributed by atoms with Gasteiger partial charge in [-0.15, -0.1) is 0 Å². The number of nitrogens with one attached hydrogen (secondary N) is 1. The van der Waals surface area contributed by atoms with Crippen molar-refractivity contribution >= 4 is 23.3 Å². The number of pyridine rings is 2. The molecular weight excluding hydrogens is 372 g/mol. The van der Waals surface area contributed by atoms with Crippen LogP contribution in [0.3, 0.4) is 0 Å². The number of amides is 1. The van der Waals surface area contributed by atoms with Gasteiger partial charge in [0.15, 0.2) is 0 Å². The minimum atomic E-state index is -0.526. The third kappa shape index (κ3) is 5.22. The molecule has 1 aliphatic rings. The van der Waals surface area contributed by atoms with Crippen LogP contribution in [-0.2, 0) is 27.3 Å². The van der Waals surface area contributed by atoms with Crippen molar-refractivity contribution in [3.05, 3.63) is 52.7 Å². The molecule has 0 radical (unpaired) electrons. The maximum Gasteiger partial charge on any atom is 0.325 e. The van der Waals surface area contributed by atoms with Gasteiger partial charge in [0.05, 0.1) is 30.6 Å². The normalized spacial score (nSPS) is 16.3. The molecule has 0 saturated carbocycles. The molecule has 2 aromatic heterocycles. The summed E-state index contributed by atoms with van der Waals surface area (Å²) < 4.78 is 5.82. The van der Waals surface area contributed by atoms with Crippen molar-refractivity contribution < 1.29 is 14.3 Å². The van der Waals surface area contributed by atoms with Crippen molar-refractivity contribution in [3.63, 3.8) is 0 Å². The maximum absolute atomic E-state index is 12.8. The van der Waals surface area contributed by atoms with E-state index in [1.165, 1.54) is 29.5 Å². The van der Waals surface area contributed by atoms with Gasteiger partial charge in [-0.25, -0.2) is 0 Å². The summed E-state index contributed by atoms with van der Waals surface area (Å²) in [6, 6.07) is 4.99. The van der Waals surface area contributed by atoms with Gasteiger partial charge in [0.25, 0.3) is 5.56 Å². The summed E-state index contributed by atoms with van der Waals surface area (Å²) in [5, 5.41) is 2.87. The van der Waals surface area contributed by atoms with Gasteiger partial charge in [0.1, 0.15) is 6.54 Å². The highest BCUT2D eigenvalue weighted by atomic mass is 16.5. The van der Waals surface area contributed by atoms with E-state index in [0.717, 1.165) is 31.5 Å². The Balaban J connectivity index is 1.68. The summed E-state index contributed by atoms with van der Waals surface area (Å²) in [5.41, 5.74) is 2.35. The number of hydrogen-bond acceptors (Lipinski definition) is 6. The van der Waals surface area contributed by atoms with Gasteiger partial charge in [-0.05, 0) is 37.0 Å². The zero-order valence-corrected chi connectivity index (χ0v) is 16.8. The number of piperidine rings is 1. The lowest BCUT2D eigenvalue weighted by Gasteiger charge is -2.33.